The molecule has 0 spiro atoms. The number of hydrogen-bond acceptors (Lipinski definition) is 3. The number of halogens is 1. The standard InChI is InChI=1S/C13H16INO3/c1-9(14)7-11(16)8-13(17)15-10-3-5-12(18-2)6-4-10/h3-7,11,16H,8H2,1-2H3,(H,15,17)/b9-7+/t11-/m0/s1. The molecule has 5 heteroatoms. The summed E-state index contributed by atoms with van der Waals surface area (Å²) in [6, 6.07) is 7.03. The predicted molar refractivity (Wildman–Crippen MR) is 80.0 cm³/mol. The van der Waals surface area contributed by atoms with Gasteiger partial charge in [-0.15, -0.1) is 0 Å². The summed E-state index contributed by atoms with van der Waals surface area (Å²) in [4.78, 5) is 11.6. The van der Waals surface area contributed by atoms with Crippen molar-refractivity contribution in [3.05, 3.63) is 33.9 Å². The Bertz CT molecular complexity index is 424. The molecule has 1 amide bonds. The Kier molecular flexibility index (Phi) is 6.14. The molecule has 0 saturated carbocycles. The van der Waals surface area contributed by atoms with Crippen LogP contribution in [-0.2, 0) is 4.79 Å². The van der Waals surface area contributed by atoms with Gasteiger partial charge in [0, 0.05) is 5.69 Å². The van der Waals surface area contributed by atoms with Crippen LogP contribution in [0.25, 0.3) is 0 Å². The lowest BCUT2D eigenvalue weighted by atomic mass is 10.2. The van der Waals surface area contributed by atoms with E-state index in [1.54, 1.807) is 37.5 Å². The molecule has 98 valence electrons. The van der Waals surface area contributed by atoms with E-state index in [-0.39, 0.29) is 12.3 Å². The third-order valence-electron chi connectivity index (χ3n) is 2.19. The van der Waals surface area contributed by atoms with Crippen LogP contribution in [0.1, 0.15) is 13.3 Å². The Morgan fingerprint density at radius 3 is 2.61 bits per heavy atom. The second-order valence-electron chi connectivity index (χ2n) is 3.80. The summed E-state index contributed by atoms with van der Waals surface area (Å²) in [5.74, 6) is 0.512. The molecule has 2 N–H and O–H groups in total. The first-order chi connectivity index (χ1) is 8.51. The van der Waals surface area contributed by atoms with Crippen molar-refractivity contribution in [3.63, 3.8) is 0 Å². The molecule has 1 aromatic carbocycles. The molecule has 4 nitrogen and oxygen atoms in total. The van der Waals surface area contributed by atoms with E-state index in [9.17, 15) is 9.90 Å². The number of aliphatic hydroxyl groups excluding tert-OH is 1. The monoisotopic (exact) mass is 361 g/mol. The van der Waals surface area contributed by atoms with Crippen molar-refractivity contribution in [1.29, 1.82) is 0 Å². The Hall–Kier alpha value is -1.08. The van der Waals surface area contributed by atoms with Gasteiger partial charge in [0.1, 0.15) is 5.75 Å². The number of aliphatic hydroxyl groups is 1. The molecule has 1 rings (SSSR count). The van der Waals surface area contributed by atoms with Gasteiger partial charge in [0.05, 0.1) is 19.6 Å². The van der Waals surface area contributed by atoms with Crippen molar-refractivity contribution in [2.75, 3.05) is 12.4 Å². The predicted octanol–water partition coefficient (Wildman–Crippen LogP) is 2.72. The molecule has 0 heterocycles. The molecule has 0 aromatic heterocycles. The van der Waals surface area contributed by atoms with Crippen molar-refractivity contribution < 1.29 is 14.6 Å². The van der Waals surface area contributed by atoms with E-state index < -0.39 is 6.10 Å². The van der Waals surface area contributed by atoms with Gasteiger partial charge in [0.2, 0.25) is 5.91 Å². The number of carbonyl (C=O) groups is 1. The molecule has 1 atom stereocenters. The number of benzene rings is 1. The van der Waals surface area contributed by atoms with E-state index in [2.05, 4.69) is 27.9 Å². The average Bonchev–Trinajstić information content (AvgIpc) is 2.28. The third kappa shape index (κ3) is 5.50. The minimum Gasteiger partial charge on any atom is -0.497 e. The maximum absolute atomic E-state index is 11.6. The zero-order valence-corrected chi connectivity index (χ0v) is 12.5. The van der Waals surface area contributed by atoms with E-state index in [0.29, 0.717) is 5.69 Å². The summed E-state index contributed by atoms with van der Waals surface area (Å²) >= 11 is 2.09. The van der Waals surface area contributed by atoms with E-state index in [1.807, 2.05) is 6.92 Å². The van der Waals surface area contributed by atoms with Crippen molar-refractivity contribution >= 4 is 34.2 Å². The lowest BCUT2D eigenvalue weighted by Gasteiger charge is -2.08. The van der Waals surface area contributed by atoms with Crippen LogP contribution in [0.5, 0.6) is 5.75 Å². The molecule has 0 unspecified atom stereocenters. The molecule has 0 aliphatic rings. The molecule has 18 heavy (non-hydrogen) atoms. The maximum atomic E-state index is 11.6. The lowest BCUT2D eigenvalue weighted by Crippen LogP contribution is -2.18. The Balaban J connectivity index is 2.51. The summed E-state index contributed by atoms with van der Waals surface area (Å²) in [5, 5.41) is 12.3. The van der Waals surface area contributed by atoms with E-state index in [4.69, 9.17) is 4.74 Å². The van der Waals surface area contributed by atoms with Gasteiger partial charge in [-0.3, -0.25) is 4.79 Å². The largest absolute Gasteiger partial charge is 0.497 e. The molecule has 1 aromatic rings. The molecular weight excluding hydrogens is 345 g/mol. The number of ether oxygens (including phenoxy) is 1. The van der Waals surface area contributed by atoms with Crippen LogP contribution in [0.3, 0.4) is 0 Å². The lowest BCUT2D eigenvalue weighted by molar-refractivity contribution is -0.117. The van der Waals surface area contributed by atoms with Gasteiger partial charge in [-0.2, -0.15) is 0 Å². The number of methoxy groups -OCH3 is 1. The minimum atomic E-state index is -0.750. The highest BCUT2D eigenvalue weighted by Crippen LogP contribution is 2.15. The zero-order valence-electron chi connectivity index (χ0n) is 10.3. The number of allylic oxidation sites excluding steroid dienone is 1. The van der Waals surface area contributed by atoms with Crippen LogP contribution < -0.4 is 10.1 Å². The molecule has 0 radical (unpaired) electrons. The summed E-state index contributed by atoms with van der Waals surface area (Å²) in [6.45, 7) is 1.87. The fourth-order valence-electron chi connectivity index (χ4n) is 1.40. The van der Waals surface area contributed by atoms with Gasteiger partial charge in [-0.05, 0) is 63.4 Å². The van der Waals surface area contributed by atoms with E-state index in [1.165, 1.54) is 0 Å². The molecule has 0 fully saturated rings. The Morgan fingerprint density at radius 1 is 1.50 bits per heavy atom. The van der Waals surface area contributed by atoms with Gasteiger partial charge >= 0.3 is 0 Å². The first-order valence-corrected chi connectivity index (χ1v) is 6.55. The van der Waals surface area contributed by atoms with Gasteiger partial charge < -0.3 is 15.2 Å². The summed E-state index contributed by atoms with van der Waals surface area (Å²) in [6.07, 6.45) is 0.945. The number of carbonyl (C=O) groups excluding carboxylic acids is 1. The highest BCUT2D eigenvalue weighted by atomic mass is 127. The van der Waals surface area contributed by atoms with Crippen molar-refractivity contribution in [3.8, 4) is 5.75 Å². The zero-order chi connectivity index (χ0) is 13.5. The van der Waals surface area contributed by atoms with Gasteiger partial charge in [0.25, 0.3) is 0 Å². The fourth-order valence-corrected chi connectivity index (χ4v) is 1.82. The SMILES string of the molecule is COc1ccc(NC(=O)C[C@@H](O)/C=C(\C)I)cc1. The molecular formula is C13H16INO3. The maximum Gasteiger partial charge on any atom is 0.227 e. The van der Waals surface area contributed by atoms with Crippen LogP contribution in [0.4, 0.5) is 5.69 Å². The van der Waals surface area contributed by atoms with Crippen LogP contribution in [0.15, 0.2) is 33.9 Å². The number of nitrogens with one attached hydrogen (secondary N) is 1. The smallest absolute Gasteiger partial charge is 0.227 e. The van der Waals surface area contributed by atoms with Gasteiger partial charge in [0.15, 0.2) is 0 Å². The third-order valence-corrected chi connectivity index (χ3v) is 2.55. The topological polar surface area (TPSA) is 58.6 Å². The molecule has 0 bridgehead atoms. The highest BCUT2D eigenvalue weighted by molar-refractivity contribution is 14.1. The van der Waals surface area contributed by atoms with Gasteiger partial charge in [-0.1, -0.05) is 0 Å². The molecule has 0 aliphatic carbocycles. The molecule has 0 saturated heterocycles. The number of amides is 1. The highest BCUT2D eigenvalue weighted by Gasteiger charge is 2.08. The number of hydrogen-bond donors (Lipinski definition) is 2. The summed E-state index contributed by atoms with van der Waals surface area (Å²) in [5.41, 5.74) is 0.683. The van der Waals surface area contributed by atoms with Crippen LogP contribution in [0.2, 0.25) is 0 Å². The Labute approximate surface area is 120 Å². The summed E-state index contributed by atoms with van der Waals surface area (Å²) in [7, 11) is 1.59. The second-order valence-corrected chi connectivity index (χ2v) is 5.50. The summed E-state index contributed by atoms with van der Waals surface area (Å²) < 4.78 is 5.98. The fraction of sp³-hybridized carbons (Fsp3) is 0.308. The minimum absolute atomic E-state index is 0.0480. The van der Waals surface area contributed by atoms with Crippen LogP contribution >= 0.6 is 22.6 Å². The second kappa shape index (κ2) is 7.38. The average molecular weight is 361 g/mol. The van der Waals surface area contributed by atoms with Crippen LogP contribution in [0, 0.1) is 0 Å². The quantitative estimate of drug-likeness (QED) is 0.793. The normalized spacial score (nSPS) is 13.0. The van der Waals surface area contributed by atoms with Gasteiger partial charge in [-0.25, -0.2) is 0 Å². The van der Waals surface area contributed by atoms with E-state index in [0.717, 1.165) is 9.33 Å². The van der Waals surface area contributed by atoms with Crippen LogP contribution in [-0.4, -0.2) is 24.2 Å². The first kappa shape index (κ1) is 15.0. The van der Waals surface area contributed by atoms with Crippen molar-refractivity contribution in [2.45, 2.75) is 19.4 Å². The van der Waals surface area contributed by atoms with Crippen molar-refractivity contribution in [2.24, 2.45) is 0 Å². The first-order valence-electron chi connectivity index (χ1n) is 5.47. The van der Waals surface area contributed by atoms with E-state index >= 15 is 0 Å². The molecule has 0 aliphatic heterocycles. The number of rotatable bonds is 5. The Morgan fingerprint density at radius 2 is 2.11 bits per heavy atom. The number of anilines is 1. The van der Waals surface area contributed by atoms with Crippen molar-refractivity contribution in [1.82, 2.24) is 0 Å².